The maximum atomic E-state index is 13.3. The van der Waals surface area contributed by atoms with E-state index in [9.17, 15) is 26.4 Å². The lowest BCUT2D eigenvalue weighted by atomic mass is 9.97. The van der Waals surface area contributed by atoms with Crippen LogP contribution in [0.15, 0.2) is 83.9 Å². The molecule has 0 bridgehead atoms. The lowest BCUT2D eigenvalue weighted by Gasteiger charge is -2.15. The molecule has 0 saturated carbocycles. The van der Waals surface area contributed by atoms with E-state index in [1.165, 1.54) is 30.3 Å². The van der Waals surface area contributed by atoms with Crippen LogP contribution in [0.2, 0.25) is 5.02 Å². The van der Waals surface area contributed by atoms with Gasteiger partial charge in [0, 0.05) is 35.0 Å². The Labute approximate surface area is 204 Å². The normalized spacial score (nSPS) is 11.9. The van der Waals surface area contributed by atoms with Gasteiger partial charge in [-0.1, -0.05) is 23.7 Å². The van der Waals surface area contributed by atoms with E-state index in [0.717, 1.165) is 24.1 Å². The monoisotopic (exact) mass is 518 g/mol. The summed E-state index contributed by atoms with van der Waals surface area (Å²) in [6.07, 6.45) is -1.90. The number of aromatic amines is 1. The number of anilines is 1. The second-order valence-electron chi connectivity index (χ2n) is 7.79. The number of nitrogens with one attached hydrogen (secondary N) is 2. The van der Waals surface area contributed by atoms with E-state index in [2.05, 4.69) is 10.3 Å². The second-order valence-corrected chi connectivity index (χ2v) is 10.2. The topological polar surface area (TPSA) is 79.0 Å². The molecule has 0 radical (unpaired) electrons. The maximum absolute atomic E-state index is 13.3. The van der Waals surface area contributed by atoms with E-state index in [0.29, 0.717) is 16.3 Å². The molecule has 0 unspecified atom stereocenters. The molecule has 0 spiro atoms. The minimum atomic E-state index is -4.61. The van der Waals surface area contributed by atoms with Gasteiger partial charge in [0.2, 0.25) is 0 Å². The van der Waals surface area contributed by atoms with E-state index in [1.807, 2.05) is 6.07 Å². The summed E-state index contributed by atoms with van der Waals surface area (Å²) < 4.78 is 64.1. The third kappa shape index (κ3) is 5.41. The molecule has 1 aromatic heterocycles. The quantitative estimate of drug-likeness (QED) is 0.309. The Kier molecular flexibility index (Phi) is 6.48. The molecule has 4 rings (SSSR count). The first kappa shape index (κ1) is 24.6. The molecule has 35 heavy (non-hydrogen) atoms. The zero-order valence-electron chi connectivity index (χ0n) is 18.2. The Morgan fingerprint density at radius 2 is 1.71 bits per heavy atom. The van der Waals surface area contributed by atoms with Crippen molar-refractivity contribution in [2.24, 2.45) is 0 Å². The highest BCUT2D eigenvalue weighted by Crippen LogP contribution is 2.35. The molecule has 5 nitrogen and oxygen atoms in total. The van der Waals surface area contributed by atoms with Gasteiger partial charge in [0.05, 0.1) is 15.5 Å². The van der Waals surface area contributed by atoms with Gasteiger partial charge in [-0.05, 0) is 71.8 Å². The van der Waals surface area contributed by atoms with Crippen LogP contribution in [0.4, 0.5) is 18.9 Å². The van der Waals surface area contributed by atoms with Crippen molar-refractivity contribution in [3.05, 3.63) is 95.1 Å². The average Bonchev–Trinajstić information content (AvgIpc) is 3.33. The van der Waals surface area contributed by atoms with Crippen molar-refractivity contribution in [1.82, 2.24) is 4.98 Å². The molecular weight excluding hydrogens is 501 g/mol. The highest BCUT2D eigenvalue weighted by Gasteiger charge is 2.31. The third-order valence-corrected chi connectivity index (χ3v) is 6.72. The summed E-state index contributed by atoms with van der Waals surface area (Å²) in [7, 11) is -3.68. The van der Waals surface area contributed by atoms with Crippen molar-refractivity contribution >= 4 is 33.0 Å². The number of halogens is 4. The molecule has 0 aliphatic rings. The zero-order chi connectivity index (χ0) is 25.4. The molecule has 0 fully saturated rings. The summed E-state index contributed by atoms with van der Waals surface area (Å²) in [6, 6.07) is 16.5. The predicted octanol–water partition coefficient (Wildman–Crippen LogP) is 6.68. The van der Waals surface area contributed by atoms with E-state index in [1.54, 1.807) is 30.5 Å². The van der Waals surface area contributed by atoms with Crippen molar-refractivity contribution in [3.8, 4) is 22.4 Å². The molecule has 0 saturated heterocycles. The Morgan fingerprint density at radius 1 is 0.943 bits per heavy atom. The van der Waals surface area contributed by atoms with Crippen molar-refractivity contribution in [1.29, 1.82) is 0 Å². The number of alkyl halides is 3. The molecule has 2 N–H and O–H groups in total. The smallest absolute Gasteiger partial charge is 0.361 e. The number of hydrogen-bond donors (Lipinski definition) is 2. The molecule has 4 aromatic rings. The van der Waals surface area contributed by atoms with E-state index in [4.69, 9.17) is 11.6 Å². The van der Waals surface area contributed by atoms with Crippen molar-refractivity contribution in [2.45, 2.75) is 11.1 Å². The summed E-state index contributed by atoms with van der Waals surface area (Å²) in [5.74, 6) is -0.628. The molecular formula is C25H18ClF3N2O3S. The standard InChI is InChI=1S/C25H18ClF3N2O3S/c1-35(33,34)18-8-9-19(20(14-18)15-4-2-5-16(12-15)25(27,28)29)24(32)31-17-7-10-22(26)21(13-17)23-6-3-11-30-23/h2-14,30H,1H3,(H,31,32). The zero-order valence-corrected chi connectivity index (χ0v) is 19.7. The van der Waals surface area contributed by atoms with Gasteiger partial charge >= 0.3 is 6.18 Å². The summed E-state index contributed by atoms with van der Waals surface area (Å²) >= 11 is 6.28. The SMILES string of the molecule is CS(=O)(=O)c1ccc(C(=O)Nc2ccc(Cl)c(-c3ccc[nH]3)c2)c(-c2cccc(C(F)(F)F)c2)c1. The minimum absolute atomic E-state index is 0.00750. The fourth-order valence-electron chi connectivity index (χ4n) is 3.56. The maximum Gasteiger partial charge on any atom is 0.416 e. The van der Waals surface area contributed by atoms with Crippen LogP contribution in [0.25, 0.3) is 22.4 Å². The molecule has 0 atom stereocenters. The fourth-order valence-corrected chi connectivity index (χ4v) is 4.43. The Balaban J connectivity index is 1.78. The molecule has 180 valence electrons. The summed E-state index contributed by atoms with van der Waals surface area (Å²) in [5.41, 5.74) is 0.959. The lowest BCUT2D eigenvalue weighted by molar-refractivity contribution is -0.137. The third-order valence-electron chi connectivity index (χ3n) is 5.28. The van der Waals surface area contributed by atoms with Crippen LogP contribution in [0.5, 0.6) is 0 Å². The van der Waals surface area contributed by atoms with Gasteiger partial charge in [-0.25, -0.2) is 8.42 Å². The number of benzene rings is 3. The van der Waals surface area contributed by atoms with Crippen LogP contribution >= 0.6 is 11.6 Å². The number of hydrogen-bond acceptors (Lipinski definition) is 3. The Bertz CT molecular complexity index is 1520. The van der Waals surface area contributed by atoms with Gasteiger partial charge in [0.15, 0.2) is 9.84 Å². The molecule has 1 heterocycles. The van der Waals surface area contributed by atoms with E-state index >= 15 is 0 Å². The van der Waals surface area contributed by atoms with Crippen LogP contribution in [0, 0.1) is 0 Å². The largest absolute Gasteiger partial charge is 0.416 e. The average molecular weight is 519 g/mol. The van der Waals surface area contributed by atoms with Crippen molar-refractivity contribution < 1.29 is 26.4 Å². The molecule has 10 heteroatoms. The van der Waals surface area contributed by atoms with Gasteiger partial charge in [-0.3, -0.25) is 4.79 Å². The Morgan fingerprint density at radius 3 is 2.37 bits per heavy atom. The lowest BCUT2D eigenvalue weighted by Crippen LogP contribution is -2.14. The number of H-pyrrole nitrogens is 1. The molecule has 3 aromatic carbocycles. The number of carbonyl (C=O) groups is 1. The van der Waals surface area contributed by atoms with Crippen LogP contribution in [-0.4, -0.2) is 25.6 Å². The van der Waals surface area contributed by atoms with Crippen molar-refractivity contribution in [3.63, 3.8) is 0 Å². The second kappa shape index (κ2) is 9.24. The first-order chi connectivity index (χ1) is 16.4. The van der Waals surface area contributed by atoms with E-state index in [-0.39, 0.29) is 21.6 Å². The molecule has 0 aliphatic carbocycles. The first-order valence-corrected chi connectivity index (χ1v) is 12.5. The number of carbonyl (C=O) groups excluding carboxylic acids is 1. The number of aromatic nitrogens is 1. The molecule has 1 amide bonds. The predicted molar refractivity (Wildman–Crippen MR) is 129 cm³/mol. The first-order valence-electron chi connectivity index (χ1n) is 10.2. The van der Waals surface area contributed by atoms with Gasteiger partial charge in [-0.2, -0.15) is 13.2 Å². The van der Waals surface area contributed by atoms with Crippen LogP contribution < -0.4 is 5.32 Å². The van der Waals surface area contributed by atoms with Gasteiger partial charge in [0.1, 0.15) is 0 Å². The highest BCUT2D eigenvalue weighted by molar-refractivity contribution is 7.90. The van der Waals surface area contributed by atoms with Gasteiger partial charge in [-0.15, -0.1) is 0 Å². The summed E-state index contributed by atoms with van der Waals surface area (Å²) in [5, 5.41) is 3.17. The molecule has 0 aliphatic heterocycles. The summed E-state index contributed by atoms with van der Waals surface area (Å²) in [6.45, 7) is 0. The number of rotatable bonds is 5. The van der Waals surface area contributed by atoms with Crippen molar-refractivity contribution in [2.75, 3.05) is 11.6 Å². The summed E-state index contributed by atoms with van der Waals surface area (Å²) in [4.78, 5) is 16.1. The minimum Gasteiger partial charge on any atom is -0.361 e. The van der Waals surface area contributed by atoms with Gasteiger partial charge < -0.3 is 10.3 Å². The van der Waals surface area contributed by atoms with E-state index < -0.39 is 27.5 Å². The highest BCUT2D eigenvalue weighted by atomic mass is 35.5. The van der Waals surface area contributed by atoms with Gasteiger partial charge in [0.25, 0.3) is 5.91 Å². The van der Waals surface area contributed by atoms with Crippen LogP contribution in [-0.2, 0) is 16.0 Å². The fraction of sp³-hybridized carbons (Fsp3) is 0.0800. The number of sulfone groups is 1. The Hall–Kier alpha value is -3.56. The van der Waals surface area contributed by atoms with Crippen LogP contribution in [0.3, 0.4) is 0 Å². The van der Waals surface area contributed by atoms with Crippen LogP contribution in [0.1, 0.15) is 15.9 Å². The number of amides is 1.